The third kappa shape index (κ3) is 4.03. The van der Waals surface area contributed by atoms with E-state index in [9.17, 15) is 9.59 Å². The predicted octanol–water partition coefficient (Wildman–Crippen LogP) is 3.10. The predicted molar refractivity (Wildman–Crippen MR) is 117 cm³/mol. The lowest BCUT2D eigenvalue weighted by Crippen LogP contribution is -2.50. The van der Waals surface area contributed by atoms with Crippen LogP contribution in [0.3, 0.4) is 0 Å². The Morgan fingerprint density at radius 2 is 1.60 bits per heavy atom. The molecule has 4 rings (SSSR count). The number of carbonyl (C=O) groups excluding carboxylic acids is 2. The Bertz CT molecular complexity index is 1050. The van der Waals surface area contributed by atoms with Crippen LogP contribution >= 0.6 is 0 Å². The van der Waals surface area contributed by atoms with E-state index in [-0.39, 0.29) is 11.8 Å². The monoisotopic (exact) mass is 405 g/mol. The summed E-state index contributed by atoms with van der Waals surface area (Å²) < 4.78 is 7.16. The van der Waals surface area contributed by atoms with Gasteiger partial charge in [0.05, 0.1) is 12.7 Å². The van der Waals surface area contributed by atoms with Crippen LogP contribution in [0, 0.1) is 0 Å². The van der Waals surface area contributed by atoms with Gasteiger partial charge in [-0.25, -0.2) is 0 Å². The van der Waals surface area contributed by atoms with E-state index in [2.05, 4.69) is 0 Å². The fourth-order valence-electron chi connectivity index (χ4n) is 4.04. The molecule has 1 saturated heterocycles. The number of carbonyl (C=O) groups is 2. The molecule has 0 spiro atoms. The summed E-state index contributed by atoms with van der Waals surface area (Å²) in [6.07, 6.45) is 3.08. The highest BCUT2D eigenvalue weighted by Crippen LogP contribution is 2.22. The minimum Gasteiger partial charge on any atom is -0.497 e. The van der Waals surface area contributed by atoms with E-state index in [0.717, 1.165) is 27.8 Å². The lowest BCUT2D eigenvalue weighted by Gasteiger charge is -2.34. The molecule has 3 aromatic rings. The average molecular weight is 405 g/mol. The molecule has 30 heavy (non-hydrogen) atoms. The first-order valence-corrected chi connectivity index (χ1v) is 10.3. The van der Waals surface area contributed by atoms with E-state index >= 15 is 0 Å². The zero-order valence-electron chi connectivity index (χ0n) is 17.5. The number of amides is 2. The highest BCUT2D eigenvalue weighted by Gasteiger charge is 2.26. The molecule has 0 N–H and O–H groups in total. The topological polar surface area (TPSA) is 54.8 Å². The third-order valence-electron chi connectivity index (χ3n) is 5.83. The summed E-state index contributed by atoms with van der Waals surface area (Å²) in [6, 6.07) is 15.8. The smallest absolute Gasteiger partial charge is 0.256 e. The number of hydrogen-bond acceptors (Lipinski definition) is 3. The average Bonchev–Trinajstić information content (AvgIpc) is 3.14. The number of aromatic nitrogens is 1. The second-order valence-electron chi connectivity index (χ2n) is 7.69. The molecule has 2 heterocycles. The molecule has 0 bridgehead atoms. The van der Waals surface area contributed by atoms with Crippen molar-refractivity contribution >= 4 is 22.7 Å². The molecular weight excluding hydrogens is 378 g/mol. The molecule has 2 amide bonds. The Morgan fingerprint density at radius 1 is 0.933 bits per heavy atom. The Kier molecular flexibility index (Phi) is 5.74. The summed E-state index contributed by atoms with van der Waals surface area (Å²) in [5.74, 6) is 0.997. The van der Waals surface area contributed by atoms with Crippen LogP contribution in [0.2, 0.25) is 0 Å². The van der Waals surface area contributed by atoms with Gasteiger partial charge in [0.25, 0.3) is 5.91 Å². The van der Waals surface area contributed by atoms with Crippen molar-refractivity contribution in [2.24, 2.45) is 7.05 Å². The number of rotatable bonds is 5. The van der Waals surface area contributed by atoms with Gasteiger partial charge in [-0.15, -0.1) is 0 Å². The number of methoxy groups -OCH3 is 1. The molecular formula is C24H27N3O3. The Morgan fingerprint density at radius 3 is 2.30 bits per heavy atom. The van der Waals surface area contributed by atoms with Gasteiger partial charge in [-0.05, 0) is 30.2 Å². The summed E-state index contributed by atoms with van der Waals surface area (Å²) in [5, 5.41) is 0.975. The zero-order chi connectivity index (χ0) is 21.1. The summed E-state index contributed by atoms with van der Waals surface area (Å²) in [7, 11) is 3.60. The first-order valence-electron chi connectivity index (χ1n) is 10.3. The number of fused-ring (bicyclic) bond motifs is 1. The van der Waals surface area contributed by atoms with Gasteiger partial charge in [0.15, 0.2) is 0 Å². The van der Waals surface area contributed by atoms with E-state index < -0.39 is 0 Å². The maximum Gasteiger partial charge on any atom is 0.256 e. The van der Waals surface area contributed by atoms with Crippen molar-refractivity contribution in [1.82, 2.24) is 14.4 Å². The zero-order valence-corrected chi connectivity index (χ0v) is 17.5. The molecule has 0 aliphatic carbocycles. The quantitative estimate of drug-likeness (QED) is 0.655. The molecule has 1 aromatic heterocycles. The van der Waals surface area contributed by atoms with Crippen LogP contribution in [-0.2, 0) is 18.3 Å². The molecule has 2 aromatic carbocycles. The van der Waals surface area contributed by atoms with Gasteiger partial charge >= 0.3 is 0 Å². The number of ether oxygens (including phenoxy) is 1. The van der Waals surface area contributed by atoms with Crippen molar-refractivity contribution in [3.8, 4) is 5.75 Å². The molecule has 1 fully saturated rings. The first kappa shape index (κ1) is 20.0. The molecule has 6 nitrogen and oxygen atoms in total. The van der Waals surface area contributed by atoms with Crippen LogP contribution in [0.15, 0.2) is 54.7 Å². The molecule has 0 atom stereocenters. The van der Waals surface area contributed by atoms with Crippen LogP contribution in [-0.4, -0.2) is 59.5 Å². The fourth-order valence-corrected chi connectivity index (χ4v) is 4.04. The van der Waals surface area contributed by atoms with E-state index in [0.29, 0.717) is 39.0 Å². The summed E-state index contributed by atoms with van der Waals surface area (Å²) >= 11 is 0. The third-order valence-corrected chi connectivity index (χ3v) is 5.83. The maximum absolute atomic E-state index is 13.1. The second kappa shape index (κ2) is 8.61. The molecule has 0 unspecified atom stereocenters. The number of aryl methyl sites for hydroxylation is 2. The van der Waals surface area contributed by atoms with Crippen molar-refractivity contribution < 1.29 is 14.3 Å². The second-order valence-corrected chi connectivity index (χ2v) is 7.69. The summed E-state index contributed by atoms with van der Waals surface area (Å²) in [5.41, 5.74) is 2.90. The van der Waals surface area contributed by atoms with Crippen LogP contribution in [0.25, 0.3) is 10.9 Å². The Balaban J connectivity index is 1.32. The van der Waals surface area contributed by atoms with Crippen molar-refractivity contribution in [3.63, 3.8) is 0 Å². The van der Waals surface area contributed by atoms with E-state index in [1.165, 1.54) is 0 Å². The SMILES string of the molecule is COc1ccc(CCC(=O)N2CCN(C(=O)c3cn(C)c4ccccc34)CC2)cc1. The van der Waals surface area contributed by atoms with Gasteiger partial charge in [0.1, 0.15) is 5.75 Å². The van der Waals surface area contributed by atoms with Crippen molar-refractivity contribution in [2.75, 3.05) is 33.3 Å². The van der Waals surface area contributed by atoms with Crippen molar-refractivity contribution in [3.05, 3.63) is 65.9 Å². The normalized spacial score (nSPS) is 14.2. The highest BCUT2D eigenvalue weighted by atomic mass is 16.5. The van der Waals surface area contributed by atoms with Gasteiger partial charge < -0.3 is 19.1 Å². The molecule has 1 aliphatic heterocycles. The van der Waals surface area contributed by atoms with Crippen molar-refractivity contribution in [2.45, 2.75) is 12.8 Å². The molecule has 6 heteroatoms. The molecule has 156 valence electrons. The highest BCUT2D eigenvalue weighted by molar-refractivity contribution is 6.07. The number of hydrogen-bond donors (Lipinski definition) is 0. The maximum atomic E-state index is 13.1. The summed E-state index contributed by atoms with van der Waals surface area (Å²) in [6.45, 7) is 2.29. The largest absolute Gasteiger partial charge is 0.497 e. The first-order chi connectivity index (χ1) is 14.6. The Hall–Kier alpha value is -3.28. The van der Waals surface area contributed by atoms with Crippen LogP contribution in [0.4, 0.5) is 0 Å². The summed E-state index contributed by atoms with van der Waals surface area (Å²) in [4.78, 5) is 29.4. The number of nitrogens with zero attached hydrogens (tertiary/aromatic N) is 3. The lowest BCUT2D eigenvalue weighted by atomic mass is 10.1. The lowest BCUT2D eigenvalue weighted by molar-refractivity contribution is -0.132. The standard InChI is InChI=1S/C24H27N3O3/c1-25-17-21(20-5-3-4-6-22(20)25)24(29)27-15-13-26(14-16-27)23(28)12-9-18-7-10-19(30-2)11-8-18/h3-8,10-11,17H,9,12-16H2,1-2H3. The number of benzene rings is 2. The van der Waals surface area contributed by atoms with Gasteiger partial charge in [0, 0.05) is 56.7 Å². The van der Waals surface area contributed by atoms with Gasteiger partial charge in [0.2, 0.25) is 5.91 Å². The minimum atomic E-state index is 0.0390. The van der Waals surface area contributed by atoms with Gasteiger partial charge in [-0.2, -0.15) is 0 Å². The van der Waals surface area contributed by atoms with Crippen LogP contribution in [0.5, 0.6) is 5.75 Å². The number of para-hydroxylation sites is 1. The van der Waals surface area contributed by atoms with Crippen LogP contribution in [0.1, 0.15) is 22.3 Å². The van der Waals surface area contributed by atoms with E-state index in [1.54, 1.807) is 7.11 Å². The molecule has 0 saturated carbocycles. The molecule has 0 radical (unpaired) electrons. The minimum absolute atomic E-state index is 0.0390. The Labute approximate surface area is 176 Å². The number of piperazine rings is 1. The van der Waals surface area contributed by atoms with Crippen molar-refractivity contribution in [1.29, 1.82) is 0 Å². The van der Waals surface area contributed by atoms with Gasteiger partial charge in [-0.1, -0.05) is 30.3 Å². The fraction of sp³-hybridized carbons (Fsp3) is 0.333. The molecule has 1 aliphatic rings. The van der Waals surface area contributed by atoms with E-state index in [4.69, 9.17) is 4.74 Å². The van der Waals surface area contributed by atoms with E-state index in [1.807, 2.05) is 76.1 Å². The van der Waals surface area contributed by atoms with Gasteiger partial charge in [-0.3, -0.25) is 9.59 Å². The van der Waals surface area contributed by atoms with Crippen LogP contribution < -0.4 is 4.74 Å².